The number of methoxy groups -OCH3 is 1. The van der Waals surface area contributed by atoms with Gasteiger partial charge in [-0.2, -0.15) is 0 Å². The highest BCUT2D eigenvalue weighted by atomic mass is 35.5. The molecular weight excluding hydrogens is 562 g/mol. The highest BCUT2D eigenvalue weighted by Crippen LogP contribution is 2.47. The largest absolute Gasteiger partial charge is 0.490 e. The van der Waals surface area contributed by atoms with E-state index in [0.717, 1.165) is 80.9 Å². The van der Waals surface area contributed by atoms with Crippen LogP contribution in [0, 0.1) is 11.8 Å². The van der Waals surface area contributed by atoms with Gasteiger partial charge in [0.1, 0.15) is 5.75 Å². The van der Waals surface area contributed by atoms with Crippen LogP contribution in [-0.2, 0) is 27.0 Å². The number of nitrogens with zero attached hydrogens (tertiary/aromatic N) is 1. The van der Waals surface area contributed by atoms with Crippen molar-refractivity contribution in [3.05, 3.63) is 83.4 Å². The second-order valence-electron chi connectivity index (χ2n) is 12.8. The number of hydrogen-bond acceptors (Lipinski definition) is 6. The molecule has 1 saturated carbocycles. The number of ether oxygens (including phenoxy) is 2. The van der Waals surface area contributed by atoms with Gasteiger partial charge in [-0.3, -0.25) is 0 Å². The maximum absolute atomic E-state index is 13.1. The molecule has 1 aliphatic heterocycles. The summed E-state index contributed by atoms with van der Waals surface area (Å²) >= 11 is 6.41. The molecule has 2 N–H and O–H groups in total. The number of unbranched alkanes of at least 4 members (excludes halogenated alkanes) is 3. The van der Waals surface area contributed by atoms with E-state index in [0.29, 0.717) is 18.6 Å². The van der Waals surface area contributed by atoms with Gasteiger partial charge in [-0.25, -0.2) is 4.79 Å². The first-order valence-corrected chi connectivity index (χ1v) is 16.2. The minimum Gasteiger partial charge on any atom is -0.490 e. The Labute approximate surface area is 261 Å². The Balaban J connectivity index is 1.53. The van der Waals surface area contributed by atoms with Gasteiger partial charge < -0.3 is 24.6 Å². The first kappa shape index (κ1) is 31.6. The zero-order chi connectivity index (χ0) is 30.6. The van der Waals surface area contributed by atoms with Crippen molar-refractivity contribution in [2.45, 2.75) is 81.3 Å². The molecule has 232 valence electrons. The number of allylic oxidation sites excluding steroid dienone is 1. The molecule has 0 aromatic heterocycles. The number of carbonyl (C=O) groups excluding carboxylic acids is 1. The lowest BCUT2D eigenvalue weighted by Gasteiger charge is -2.45. The van der Waals surface area contributed by atoms with Gasteiger partial charge in [-0.1, -0.05) is 42.3 Å². The minimum atomic E-state index is -1.76. The van der Waals surface area contributed by atoms with Gasteiger partial charge in [0, 0.05) is 23.5 Å². The van der Waals surface area contributed by atoms with E-state index in [1.807, 2.05) is 24.3 Å². The van der Waals surface area contributed by atoms with Gasteiger partial charge in [-0.05, 0) is 111 Å². The molecule has 0 radical (unpaired) electrons. The van der Waals surface area contributed by atoms with E-state index in [-0.39, 0.29) is 23.7 Å². The van der Waals surface area contributed by atoms with Crippen molar-refractivity contribution in [1.82, 2.24) is 0 Å². The molecule has 7 heteroatoms. The van der Waals surface area contributed by atoms with Crippen molar-refractivity contribution in [2.24, 2.45) is 11.8 Å². The van der Waals surface area contributed by atoms with Crippen LogP contribution in [0.5, 0.6) is 5.75 Å². The number of esters is 1. The van der Waals surface area contributed by atoms with E-state index < -0.39 is 17.7 Å². The third-order valence-electron chi connectivity index (χ3n) is 10.1. The van der Waals surface area contributed by atoms with Crippen LogP contribution >= 0.6 is 11.6 Å². The van der Waals surface area contributed by atoms with Crippen LogP contribution in [-0.4, -0.2) is 49.1 Å². The van der Waals surface area contributed by atoms with E-state index in [1.165, 1.54) is 18.2 Å². The SMILES string of the molecule is C=CCCCCCC(O)(C(=O)OC)c1ccc2c(c1)N(C[C@@H]1CC[C@H]1C(O)C=C)C[C@@]1(CCCc3cc(Cl)ccc31)CO2. The van der Waals surface area contributed by atoms with Crippen LogP contribution in [0.3, 0.4) is 0 Å². The van der Waals surface area contributed by atoms with Crippen LogP contribution in [0.2, 0.25) is 5.02 Å². The molecular formula is C36H46ClNO5. The normalized spacial score (nSPS) is 24.8. The highest BCUT2D eigenvalue weighted by Gasteiger charge is 2.45. The summed E-state index contributed by atoms with van der Waals surface area (Å²) in [7, 11) is 1.32. The monoisotopic (exact) mass is 607 g/mol. The molecule has 0 bridgehead atoms. The maximum Gasteiger partial charge on any atom is 0.342 e. The maximum atomic E-state index is 13.1. The van der Waals surface area contributed by atoms with Gasteiger partial charge in [0.15, 0.2) is 5.60 Å². The van der Waals surface area contributed by atoms with E-state index >= 15 is 0 Å². The summed E-state index contributed by atoms with van der Waals surface area (Å²) in [6, 6.07) is 11.9. The van der Waals surface area contributed by atoms with Crippen LogP contribution in [0.1, 0.15) is 74.5 Å². The predicted octanol–water partition coefficient (Wildman–Crippen LogP) is 6.88. The zero-order valence-corrected chi connectivity index (χ0v) is 26.2. The molecule has 0 saturated heterocycles. The number of carbonyl (C=O) groups is 1. The first-order chi connectivity index (χ1) is 20.7. The molecule has 1 spiro atoms. The number of benzene rings is 2. The minimum absolute atomic E-state index is 0.157. The van der Waals surface area contributed by atoms with Crippen molar-refractivity contribution in [3.8, 4) is 5.75 Å². The molecule has 3 aliphatic rings. The second kappa shape index (κ2) is 13.5. The molecule has 2 aromatic carbocycles. The molecule has 1 fully saturated rings. The van der Waals surface area contributed by atoms with Gasteiger partial charge in [0.25, 0.3) is 0 Å². The quantitative estimate of drug-likeness (QED) is 0.155. The summed E-state index contributed by atoms with van der Waals surface area (Å²) in [6.07, 6.45) is 11.7. The summed E-state index contributed by atoms with van der Waals surface area (Å²) in [5, 5.41) is 23.2. The number of fused-ring (bicyclic) bond motifs is 3. The fourth-order valence-corrected chi connectivity index (χ4v) is 7.67. The van der Waals surface area contributed by atoms with Crippen molar-refractivity contribution in [2.75, 3.05) is 31.7 Å². The number of anilines is 1. The Kier molecular flexibility index (Phi) is 9.89. The average Bonchev–Trinajstić information content (AvgIpc) is 3.15. The molecule has 0 amide bonds. The summed E-state index contributed by atoms with van der Waals surface area (Å²) < 4.78 is 11.7. The molecule has 43 heavy (non-hydrogen) atoms. The molecule has 5 atom stereocenters. The topological polar surface area (TPSA) is 79.2 Å². The lowest BCUT2D eigenvalue weighted by atomic mass is 9.68. The third-order valence-corrected chi connectivity index (χ3v) is 10.3. The second-order valence-corrected chi connectivity index (χ2v) is 13.2. The van der Waals surface area contributed by atoms with Crippen LogP contribution < -0.4 is 9.64 Å². The standard InChI is InChI=1S/C36H46ClNO5/c1-4-6-7-8-9-19-36(41,34(40)42-3)27-13-17-33-31(21-27)38(22-26-12-15-29(26)32(39)5-2)23-35(24-43-33)18-10-11-25-20-28(37)14-16-30(25)35/h4-5,13-14,16-17,20-21,26,29,32,39,41H,1-2,6-12,15,18-19,22-24H2,3H3/t26-,29+,32?,35-,36?/m0/s1. The van der Waals surface area contributed by atoms with Crippen LogP contribution in [0.25, 0.3) is 0 Å². The Morgan fingerprint density at radius 2 is 2.07 bits per heavy atom. The van der Waals surface area contributed by atoms with Crippen molar-refractivity contribution in [3.63, 3.8) is 0 Å². The molecule has 2 aromatic rings. The van der Waals surface area contributed by atoms with Gasteiger partial charge in [0.05, 0.1) is 25.5 Å². The average molecular weight is 608 g/mol. The number of aliphatic hydroxyl groups is 2. The Morgan fingerprint density at radius 3 is 2.79 bits per heavy atom. The zero-order valence-electron chi connectivity index (χ0n) is 25.4. The van der Waals surface area contributed by atoms with Gasteiger partial charge in [-0.15, -0.1) is 13.2 Å². The molecule has 6 nitrogen and oxygen atoms in total. The fourth-order valence-electron chi connectivity index (χ4n) is 7.48. The Morgan fingerprint density at radius 1 is 1.23 bits per heavy atom. The fraction of sp³-hybridized carbons (Fsp3) is 0.528. The number of aryl methyl sites for hydroxylation is 1. The Bertz CT molecular complexity index is 1330. The number of halogens is 1. The summed E-state index contributed by atoms with van der Waals surface area (Å²) in [6.45, 7) is 9.60. The van der Waals surface area contributed by atoms with Gasteiger partial charge in [0.2, 0.25) is 0 Å². The highest BCUT2D eigenvalue weighted by molar-refractivity contribution is 6.30. The van der Waals surface area contributed by atoms with E-state index in [1.54, 1.807) is 12.1 Å². The summed E-state index contributed by atoms with van der Waals surface area (Å²) in [5.41, 5.74) is 1.93. The third kappa shape index (κ3) is 6.38. The lowest BCUT2D eigenvalue weighted by Crippen LogP contribution is -2.49. The van der Waals surface area contributed by atoms with E-state index in [4.69, 9.17) is 21.1 Å². The van der Waals surface area contributed by atoms with Crippen molar-refractivity contribution >= 4 is 23.3 Å². The van der Waals surface area contributed by atoms with E-state index in [9.17, 15) is 15.0 Å². The van der Waals surface area contributed by atoms with Crippen molar-refractivity contribution in [1.29, 1.82) is 0 Å². The molecule has 5 rings (SSSR count). The Hall–Kier alpha value is -2.80. The summed E-state index contributed by atoms with van der Waals surface area (Å²) in [5.74, 6) is 0.529. The number of rotatable bonds is 12. The summed E-state index contributed by atoms with van der Waals surface area (Å²) in [4.78, 5) is 15.5. The smallest absolute Gasteiger partial charge is 0.342 e. The molecule has 1 heterocycles. The molecule has 2 aliphatic carbocycles. The van der Waals surface area contributed by atoms with Crippen LogP contribution in [0.4, 0.5) is 5.69 Å². The number of hydrogen-bond donors (Lipinski definition) is 2. The van der Waals surface area contributed by atoms with Crippen LogP contribution in [0.15, 0.2) is 61.7 Å². The first-order valence-electron chi connectivity index (χ1n) is 15.8. The molecule has 2 unspecified atom stereocenters. The van der Waals surface area contributed by atoms with Crippen molar-refractivity contribution < 1.29 is 24.5 Å². The predicted molar refractivity (Wildman–Crippen MR) is 172 cm³/mol. The van der Waals surface area contributed by atoms with E-state index in [2.05, 4.69) is 30.2 Å². The lowest BCUT2D eigenvalue weighted by molar-refractivity contribution is -0.164. The van der Waals surface area contributed by atoms with Gasteiger partial charge >= 0.3 is 5.97 Å². The number of aliphatic hydroxyl groups excluding tert-OH is 1.